The molecule has 0 spiro atoms. The molecule has 1 unspecified atom stereocenters. The molecule has 5 heteroatoms. The van der Waals surface area contributed by atoms with Gasteiger partial charge in [-0.3, -0.25) is 4.98 Å². The largest absolute Gasteiger partial charge is 0.382 e. The van der Waals surface area contributed by atoms with Gasteiger partial charge in [0.15, 0.2) is 0 Å². The average molecular weight is 289 g/mol. The number of hydrogen-bond donors (Lipinski definition) is 1. The number of benzene rings is 1. The van der Waals surface area contributed by atoms with Crippen molar-refractivity contribution in [3.05, 3.63) is 62.9 Å². The van der Waals surface area contributed by atoms with E-state index in [0.717, 1.165) is 0 Å². The molecule has 2 rings (SSSR count). The van der Waals surface area contributed by atoms with E-state index in [1.807, 2.05) is 0 Å². The molecule has 0 bridgehead atoms. The van der Waals surface area contributed by atoms with E-state index >= 15 is 0 Å². The Morgan fingerprint density at radius 2 is 1.76 bits per heavy atom. The zero-order chi connectivity index (χ0) is 12.4. The molecule has 0 amide bonds. The highest BCUT2D eigenvalue weighted by Crippen LogP contribution is 2.30. The second-order valence-corrected chi connectivity index (χ2v) is 4.67. The maximum atomic E-state index is 10.1. The smallest absolute Gasteiger partial charge is 0.123 e. The van der Waals surface area contributed by atoms with Crippen molar-refractivity contribution in [2.45, 2.75) is 6.10 Å². The molecule has 2 nitrogen and oxygen atoms in total. The first-order valence-electron chi connectivity index (χ1n) is 4.83. The lowest BCUT2D eigenvalue weighted by atomic mass is 10.1. The van der Waals surface area contributed by atoms with Gasteiger partial charge in [-0.2, -0.15) is 0 Å². The summed E-state index contributed by atoms with van der Waals surface area (Å²) >= 11 is 17.7. The summed E-state index contributed by atoms with van der Waals surface area (Å²) < 4.78 is 0. The van der Waals surface area contributed by atoms with Crippen LogP contribution >= 0.6 is 34.8 Å². The lowest BCUT2D eigenvalue weighted by Crippen LogP contribution is -2.02. The van der Waals surface area contributed by atoms with Gasteiger partial charge in [0.05, 0.1) is 20.8 Å². The maximum absolute atomic E-state index is 10.1. The molecule has 0 aliphatic rings. The van der Waals surface area contributed by atoms with Crippen LogP contribution in [0.15, 0.2) is 36.5 Å². The number of aliphatic hydroxyl groups is 1. The quantitative estimate of drug-likeness (QED) is 0.901. The molecule has 0 saturated carbocycles. The predicted octanol–water partition coefficient (Wildman–Crippen LogP) is 4.12. The van der Waals surface area contributed by atoms with Crippen molar-refractivity contribution in [2.24, 2.45) is 0 Å². The van der Waals surface area contributed by atoms with Crippen molar-refractivity contribution < 1.29 is 5.11 Å². The third kappa shape index (κ3) is 2.72. The highest BCUT2D eigenvalue weighted by molar-refractivity contribution is 6.42. The van der Waals surface area contributed by atoms with E-state index in [-0.39, 0.29) is 0 Å². The predicted molar refractivity (Wildman–Crippen MR) is 69.8 cm³/mol. The van der Waals surface area contributed by atoms with Crippen LogP contribution in [0.5, 0.6) is 0 Å². The van der Waals surface area contributed by atoms with Crippen molar-refractivity contribution >= 4 is 34.8 Å². The topological polar surface area (TPSA) is 33.1 Å². The normalized spacial score (nSPS) is 12.5. The second-order valence-electron chi connectivity index (χ2n) is 3.45. The monoisotopic (exact) mass is 287 g/mol. The number of aliphatic hydroxyl groups excluding tert-OH is 1. The van der Waals surface area contributed by atoms with Gasteiger partial charge in [-0.15, -0.1) is 0 Å². The number of nitrogens with zero attached hydrogens (tertiary/aromatic N) is 1. The summed E-state index contributed by atoms with van der Waals surface area (Å²) in [6, 6.07) is 8.28. The Kier molecular flexibility index (Phi) is 3.89. The summed E-state index contributed by atoms with van der Waals surface area (Å²) in [5.41, 5.74) is 0.993. The Bertz CT molecular complexity index is 545. The Hall–Kier alpha value is -0.800. The van der Waals surface area contributed by atoms with Gasteiger partial charge >= 0.3 is 0 Å². The standard InChI is InChI=1S/C12H8Cl3NO/c13-8-4-3-7(6-10(8)15)12(17)11-9(14)2-1-5-16-11/h1-6,12,17H. The van der Waals surface area contributed by atoms with Gasteiger partial charge in [0.25, 0.3) is 0 Å². The van der Waals surface area contributed by atoms with E-state index in [4.69, 9.17) is 34.8 Å². The Morgan fingerprint density at radius 3 is 2.41 bits per heavy atom. The molecule has 2 aromatic rings. The summed E-state index contributed by atoms with van der Waals surface area (Å²) in [4.78, 5) is 4.05. The van der Waals surface area contributed by atoms with Gasteiger partial charge in [0.1, 0.15) is 6.10 Å². The number of rotatable bonds is 2. The summed E-state index contributed by atoms with van der Waals surface area (Å²) in [6.07, 6.45) is 0.653. The third-order valence-electron chi connectivity index (χ3n) is 2.31. The number of aromatic nitrogens is 1. The molecule has 0 aliphatic heterocycles. The zero-order valence-corrected chi connectivity index (χ0v) is 10.8. The van der Waals surface area contributed by atoms with Crippen LogP contribution in [0, 0.1) is 0 Å². The lowest BCUT2D eigenvalue weighted by molar-refractivity contribution is 0.215. The van der Waals surface area contributed by atoms with Crippen molar-refractivity contribution in [3.8, 4) is 0 Å². The number of pyridine rings is 1. The molecule has 17 heavy (non-hydrogen) atoms. The first-order chi connectivity index (χ1) is 8.09. The Labute approximate surface area is 114 Å². The fourth-order valence-electron chi connectivity index (χ4n) is 1.44. The highest BCUT2D eigenvalue weighted by atomic mass is 35.5. The third-order valence-corrected chi connectivity index (χ3v) is 3.36. The van der Waals surface area contributed by atoms with Crippen LogP contribution in [0.3, 0.4) is 0 Å². The molecule has 1 atom stereocenters. The minimum atomic E-state index is -0.918. The minimum absolute atomic E-state index is 0.385. The maximum Gasteiger partial charge on any atom is 0.123 e. The van der Waals surface area contributed by atoms with E-state index in [9.17, 15) is 5.11 Å². The Balaban J connectivity index is 2.40. The van der Waals surface area contributed by atoms with Crippen LogP contribution in [0.25, 0.3) is 0 Å². The van der Waals surface area contributed by atoms with E-state index in [2.05, 4.69) is 4.98 Å². The van der Waals surface area contributed by atoms with Gasteiger partial charge in [-0.1, -0.05) is 40.9 Å². The van der Waals surface area contributed by atoms with E-state index < -0.39 is 6.10 Å². The molecule has 0 radical (unpaired) electrons. The van der Waals surface area contributed by atoms with E-state index in [1.165, 1.54) is 0 Å². The zero-order valence-electron chi connectivity index (χ0n) is 8.57. The van der Waals surface area contributed by atoms with E-state index in [1.54, 1.807) is 36.5 Å². The van der Waals surface area contributed by atoms with Gasteiger partial charge in [-0.25, -0.2) is 0 Å². The van der Waals surface area contributed by atoms with Crippen molar-refractivity contribution in [1.82, 2.24) is 4.98 Å². The van der Waals surface area contributed by atoms with Crippen LogP contribution in [0.1, 0.15) is 17.4 Å². The lowest BCUT2D eigenvalue weighted by Gasteiger charge is -2.12. The Morgan fingerprint density at radius 1 is 1.00 bits per heavy atom. The molecule has 88 valence electrons. The SMILES string of the molecule is OC(c1ccc(Cl)c(Cl)c1)c1ncccc1Cl. The molecule has 0 saturated heterocycles. The summed E-state index contributed by atoms with van der Waals surface area (Å²) in [5, 5.41) is 11.4. The van der Waals surface area contributed by atoms with Crippen LogP contribution < -0.4 is 0 Å². The van der Waals surface area contributed by atoms with Gasteiger partial charge in [0.2, 0.25) is 0 Å². The summed E-state index contributed by atoms with van der Waals surface area (Å²) in [7, 11) is 0. The van der Waals surface area contributed by atoms with Crippen LogP contribution in [0.2, 0.25) is 15.1 Å². The van der Waals surface area contributed by atoms with Crippen molar-refractivity contribution in [1.29, 1.82) is 0 Å². The molecule has 0 aliphatic carbocycles. The second kappa shape index (κ2) is 5.23. The van der Waals surface area contributed by atoms with Crippen molar-refractivity contribution in [3.63, 3.8) is 0 Å². The summed E-state index contributed by atoms with van der Waals surface area (Å²) in [6.45, 7) is 0. The molecule has 1 aromatic heterocycles. The molecular formula is C12H8Cl3NO. The summed E-state index contributed by atoms with van der Waals surface area (Å²) in [5.74, 6) is 0. The van der Waals surface area contributed by atoms with Crippen LogP contribution in [0.4, 0.5) is 0 Å². The first kappa shape index (κ1) is 12.7. The van der Waals surface area contributed by atoms with Crippen LogP contribution in [-0.2, 0) is 0 Å². The van der Waals surface area contributed by atoms with Crippen LogP contribution in [-0.4, -0.2) is 10.1 Å². The number of halogens is 3. The first-order valence-corrected chi connectivity index (χ1v) is 5.96. The van der Waals surface area contributed by atoms with Gasteiger partial charge in [0, 0.05) is 6.20 Å². The molecule has 1 N–H and O–H groups in total. The molecule has 1 aromatic carbocycles. The van der Waals surface area contributed by atoms with Gasteiger partial charge < -0.3 is 5.11 Å². The molecule has 1 heterocycles. The minimum Gasteiger partial charge on any atom is -0.382 e. The van der Waals surface area contributed by atoms with Gasteiger partial charge in [-0.05, 0) is 29.8 Å². The molecular weight excluding hydrogens is 280 g/mol. The highest BCUT2D eigenvalue weighted by Gasteiger charge is 2.15. The van der Waals surface area contributed by atoms with Crippen molar-refractivity contribution in [2.75, 3.05) is 0 Å². The number of hydrogen-bond acceptors (Lipinski definition) is 2. The van der Waals surface area contributed by atoms with E-state index in [0.29, 0.717) is 26.3 Å². The molecule has 0 fully saturated rings. The fourth-order valence-corrected chi connectivity index (χ4v) is 1.97. The fraction of sp³-hybridized carbons (Fsp3) is 0.0833. The average Bonchev–Trinajstić information content (AvgIpc) is 2.32.